The lowest BCUT2D eigenvalue weighted by Crippen LogP contribution is -2.35. The van der Waals surface area contributed by atoms with E-state index in [9.17, 15) is 4.79 Å². The second kappa shape index (κ2) is 8.28. The van der Waals surface area contributed by atoms with Gasteiger partial charge in [-0.05, 0) is 62.2 Å². The van der Waals surface area contributed by atoms with Crippen LogP contribution in [0.5, 0.6) is 0 Å². The second-order valence-electron chi connectivity index (χ2n) is 6.91. The highest BCUT2D eigenvalue weighted by atomic mass is 16.1. The van der Waals surface area contributed by atoms with E-state index >= 15 is 0 Å². The van der Waals surface area contributed by atoms with Crippen LogP contribution in [0.25, 0.3) is 0 Å². The smallest absolute Gasteiger partial charge is 0.238 e. The van der Waals surface area contributed by atoms with E-state index in [1.54, 1.807) is 0 Å². The van der Waals surface area contributed by atoms with Crippen LogP contribution in [0.3, 0.4) is 0 Å². The van der Waals surface area contributed by atoms with Gasteiger partial charge in [0.05, 0.1) is 6.54 Å². The van der Waals surface area contributed by atoms with Crippen molar-refractivity contribution >= 4 is 11.6 Å². The highest BCUT2D eigenvalue weighted by molar-refractivity contribution is 5.92. The third-order valence-corrected chi connectivity index (χ3v) is 4.81. The fourth-order valence-electron chi connectivity index (χ4n) is 3.45. The SMILES string of the molecule is CN(C)[C@@H](CNCC(=O)Nc1ccc2c(c1)CCC2)c1ccccc1. The summed E-state index contributed by atoms with van der Waals surface area (Å²) >= 11 is 0. The molecule has 1 amide bonds. The van der Waals surface area contributed by atoms with Gasteiger partial charge in [0.15, 0.2) is 0 Å². The van der Waals surface area contributed by atoms with E-state index in [0.717, 1.165) is 25.1 Å². The van der Waals surface area contributed by atoms with E-state index in [0.29, 0.717) is 6.54 Å². The van der Waals surface area contributed by atoms with Gasteiger partial charge in [-0.1, -0.05) is 36.4 Å². The first kappa shape index (κ1) is 17.6. The van der Waals surface area contributed by atoms with Crippen LogP contribution in [0.4, 0.5) is 5.69 Å². The Hall–Kier alpha value is -2.17. The number of hydrogen-bond acceptors (Lipinski definition) is 3. The molecule has 0 aromatic heterocycles. The molecule has 25 heavy (non-hydrogen) atoms. The Labute approximate surface area is 150 Å². The number of amides is 1. The molecule has 1 atom stereocenters. The van der Waals surface area contributed by atoms with Gasteiger partial charge in [0.25, 0.3) is 0 Å². The average molecular weight is 337 g/mol. The van der Waals surface area contributed by atoms with Crippen molar-refractivity contribution < 1.29 is 4.79 Å². The predicted octanol–water partition coefficient (Wildman–Crippen LogP) is 3.01. The molecule has 2 aromatic rings. The number of anilines is 1. The number of nitrogens with zero attached hydrogens (tertiary/aromatic N) is 1. The molecule has 0 fully saturated rings. The summed E-state index contributed by atoms with van der Waals surface area (Å²) in [7, 11) is 4.12. The fourth-order valence-corrected chi connectivity index (χ4v) is 3.45. The Bertz CT molecular complexity index is 712. The predicted molar refractivity (Wildman–Crippen MR) is 103 cm³/mol. The lowest BCUT2D eigenvalue weighted by molar-refractivity contribution is -0.115. The number of likely N-dealkylation sites (N-methyl/N-ethyl adjacent to an activating group) is 1. The monoisotopic (exact) mass is 337 g/mol. The molecule has 0 bridgehead atoms. The number of hydrogen-bond donors (Lipinski definition) is 2. The summed E-state index contributed by atoms with van der Waals surface area (Å²) in [6.07, 6.45) is 3.51. The van der Waals surface area contributed by atoms with Crippen LogP contribution in [0.15, 0.2) is 48.5 Å². The highest BCUT2D eigenvalue weighted by Crippen LogP contribution is 2.24. The van der Waals surface area contributed by atoms with Gasteiger partial charge < -0.3 is 15.5 Å². The van der Waals surface area contributed by atoms with E-state index in [1.165, 1.54) is 23.1 Å². The normalized spacial score (nSPS) is 14.4. The number of rotatable bonds is 7. The summed E-state index contributed by atoms with van der Waals surface area (Å²) in [6, 6.07) is 16.9. The molecule has 4 nitrogen and oxygen atoms in total. The van der Waals surface area contributed by atoms with Crippen molar-refractivity contribution in [1.29, 1.82) is 0 Å². The van der Waals surface area contributed by atoms with Gasteiger partial charge in [-0.2, -0.15) is 0 Å². The molecule has 1 aliphatic rings. The molecule has 0 radical (unpaired) electrons. The molecule has 0 saturated heterocycles. The Morgan fingerprint density at radius 1 is 1.08 bits per heavy atom. The van der Waals surface area contributed by atoms with Crippen molar-refractivity contribution in [2.75, 3.05) is 32.5 Å². The topological polar surface area (TPSA) is 44.4 Å². The van der Waals surface area contributed by atoms with Gasteiger partial charge in [-0.15, -0.1) is 0 Å². The summed E-state index contributed by atoms with van der Waals surface area (Å²) < 4.78 is 0. The van der Waals surface area contributed by atoms with E-state index in [1.807, 2.05) is 24.3 Å². The Kier molecular flexibility index (Phi) is 5.84. The first-order valence-corrected chi connectivity index (χ1v) is 8.97. The summed E-state index contributed by atoms with van der Waals surface area (Å²) in [4.78, 5) is 14.4. The van der Waals surface area contributed by atoms with E-state index in [4.69, 9.17) is 0 Å². The molecule has 3 rings (SSSR count). The van der Waals surface area contributed by atoms with Crippen molar-refractivity contribution in [1.82, 2.24) is 10.2 Å². The largest absolute Gasteiger partial charge is 0.325 e. The van der Waals surface area contributed by atoms with Gasteiger partial charge in [-0.3, -0.25) is 4.79 Å². The fraction of sp³-hybridized carbons (Fsp3) is 0.381. The van der Waals surface area contributed by atoms with E-state index < -0.39 is 0 Å². The first-order chi connectivity index (χ1) is 12.1. The second-order valence-corrected chi connectivity index (χ2v) is 6.91. The molecule has 0 saturated carbocycles. The van der Waals surface area contributed by atoms with Crippen molar-refractivity contribution in [3.05, 3.63) is 65.2 Å². The maximum absolute atomic E-state index is 12.2. The maximum Gasteiger partial charge on any atom is 0.238 e. The van der Waals surface area contributed by atoms with Crippen molar-refractivity contribution in [3.8, 4) is 0 Å². The van der Waals surface area contributed by atoms with Crippen LogP contribution in [-0.2, 0) is 17.6 Å². The van der Waals surface area contributed by atoms with Crippen LogP contribution in [-0.4, -0.2) is 38.0 Å². The number of nitrogens with one attached hydrogen (secondary N) is 2. The van der Waals surface area contributed by atoms with Crippen LogP contribution in [0, 0.1) is 0 Å². The van der Waals surface area contributed by atoms with Crippen LogP contribution < -0.4 is 10.6 Å². The van der Waals surface area contributed by atoms with E-state index in [2.05, 4.69) is 53.9 Å². The molecule has 0 aliphatic heterocycles. The van der Waals surface area contributed by atoms with Crippen molar-refractivity contribution in [2.45, 2.75) is 25.3 Å². The molecule has 2 N–H and O–H groups in total. The van der Waals surface area contributed by atoms with Gasteiger partial charge in [0.2, 0.25) is 5.91 Å². The minimum absolute atomic E-state index is 0.00325. The minimum atomic E-state index is 0.00325. The summed E-state index contributed by atoms with van der Waals surface area (Å²) in [5, 5.41) is 6.28. The Balaban J connectivity index is 1.50. The van der Waals surface area contributed by atoms with Gasteiger partial charge in [0, 0.05) is 18.3 Å². The molecule has 2 aromatic carbocycles. The molecule has 0 unspecified atom stereocenters. The van der Waals surface area contributed by atoms with Gasteiger partial charge in [0.1, 0.15) is 0 Å². The molecule has 132 valence electrons. The number of fused-ring (bicyclic) bond motifs is 1. The van der Waals surface area contributed by atoms with Gasteiger partial charge >= 0.3 is 0 Å². The third kappa shape index (κ3) is 4.68. The number of carbonyl (C=O) groups is 1. The third-order valence-electron chi connectivity index (χ3n) is 4.81. The quantitative estimate of drug-likeness (QED) is 0.816. The average Bonchev–Trinajstić information content (AvgIpc) is 3.07. The maximum atomic E-state index is 12.2. The molecule has 4 heteroatoms. The zero-order chi connectivity index (χ0) is 17.6. The summed E-state index contributed by atoms with van der Waals surface area (Å²) in [6.45, 7) is 1.04. The van der Waals surface area contributed by atoms with Crippen molar-refractivity contribution in [2.24, 2.45) is 0 Å². The zero-order valence-electron chi connectivity index (χ0n) is 15.1. The van der Waals surface area contributed by atoms with Crippen LogP contribution >= 0.6 is 0 Å². The molecule has 1 aliphatic carbocycles. The van der Waals surface area contributed by atoms with Gasteiger partial charge in [-0.25, -0.2) is 0 Å². The highest BCUT2D eigenvalue weighted by Gasteiger charge is 2.15. The summed E-state index contributed by atoms with van der Waals surface area (Å²) in [5.41, 5.74) is 4.95. The van der Waals surface area contributed by atoms with Crippen LogP contribution in [0.1, 0.15) is 29.2 Å². The Morgan fingerprint density at radius 2 is 1.84 bits per heavy atom. The number of aryl methyl sites for hydroxylation is 2. The summed E-state index contributed by atoms with van der Waals surface area (Å²) in [5.74, 6) is 0.00325. The molecule has 0 spiro atoms. The van der Waals surface area contributed by atoms with E-state index in [-0.39, 0.29) is 11.9 Å². The molecular weight excluding hydrogens is 310 g/mol. The molecule has 0 heterocycles. The molecular formula is C21H27N3O. The number of benzene rings is 2. The van der Waals surface area contributed by atoms with Crippen molar-refractivity contribution in [3.63, 3.8) is 0 Å². The standard InChI is InChI=1S/C21H27N3O/c1-24(2)20(17-7-4-3-5-8-17)14-22-15-21(25)23-19-12-11-16-9-6-10-18(16)13-19/h3-5,7-8,11-13,20,22H,6,9-10,14-15H2,1-2H3,(H,23,25)/t20-/m0/s1. The van der Waals surface area contributed by atoms with Crippen LogP contribution in [0.2, 0.25) is 0 Å². The number of carbonyl (C=O) groups excluding carboxylic acids is 1. The first-order valence-electron chi connectivity index (χ1n) is 8.97. The lowest BCUT2D eigenvalue weighted by Gasteiger charge is -2.25. The minimum Gasteiger partial charge on any atom is -0.325 e. The lowest BCUT2D eigenvalue weighted by atomic mass is 10.1. The zero-order valence-corrected chi connectivity index (χ0v) is 15.1. The Morgan fingerprint density at radius 3 is 2.60 bits per heavy atom.